The van der Waals surface area contributed by atoms with Crippen molar-refractivity contribution in [2.75, 3.05) is 64.9 Å². The lowest BCUT2D eigenvalue weighted by Gasteiger charge is -2.41. The fourth-order valence-electron chi connectivity index (χ4n) is 4.15. The Kier molecular flexibility index (Phi) is 7.62. The molecule has 0 aromatic heterocycles. The number of morpholine rings is 1. The highest BCUT2D eigenvalue weighted by molar-refractivity contribution is 7.89. The average molecular weight is 453 g/mol. The Hall–Kier alpha value is -1.68. The number of amides is 1. The molecule has 31 heavy (non-hydrogen) atoms. The molecule has 8 nitrogen and oxygen atoms in total. The maximum Gasteiger partial charge on any atom is 0.253 e. The number of rotatable bonds is 7. The van der Waals surface area contributed by atoms with Gasteiger partial charge in [0.1, 0.15) is 0 Å². The molecule has 2 aliphatic heterocycles. The molecule has 0 spiro atoms. The Labute approximate surface area is 186 Å². The molecule has 3 rings (SSSR count). The number of benzene rings is 1. The number of ether oxygens (including phenoxy) is 1. The number of carbonyl (C=O) groups is 1. The van der Waals surface area contributed by atoms with Crippen LogP contribution in [0.4, 0.5) is 5.69 Å². The van der Waals surface area contributed by atoms with Gasteiger partial charge in [-0.1, -0.05) is 6.42 Å². The van der Waals surface area contributed by atoms with Crippen molar-refractivity contribution in [3.8, 4) is 0 Å². The van der Waals surface area contributed by atoms with Crippen molar-refractivity contribution in [2.45, 2.75) is 43.5 Å². The first-order valence-corrected chi connectivity index (χ1v) is 12.5. The average Bonchev–Trinajstić information content (AvgIpc) is 2.78. The summed E-state index contributed by atoms with van der Waals surface area (Å²) in [6.07, 6.45) is 3.63. The standard InChI is InChI=1S/C22H36N4O4S/c1-22(2,26-10-6-5-7-11-26)17-23-21(27)19-16-18(31(28,29)24(3)4)8-9-20(19)25-12-14-30-15-13-25/h8-9,16H,5-7,10-15,17H2,1-4H3,(H,23,27). The van der Waals surface area contributed by atoms with Crippen molar-refractivity contribution in [1.29, 1.82) is 0 Å². The minimum Gasteiger partial charge on any atom is -0.378 e. The third kappa shape index (κ3) is 5.58. The smallest absolute Gasteiger partial charge is 0.253 e. The van der Waals surface area contributed by atoms with E-state index in [4.69, 9.17) is 4.74 Å². The highest BCUT2D eigenvalue weighted by atomic mass is 32.2. The third-order valence-electron chi connectivity index (χ3n) is 6.24. The predicted octanol–water partition coefficient (Wildman–Crippen LogP) is 1.77. The van der Waals surface area contributed by atoms with E-state index in [0.29, 0.717) is 38.4 Å². The molecule has 1 N–H and O–H groups in total. The molecular weight excluding hydrogens is 416 g/mol. The molecule has 0 bridgehead atoms. The first-order valence-electron chi connectivity index (χ1n) is 11.1. The predicted molar refractivity (Wildman–Crippen MR) is 122 cm³/mol. The van der Waals surface area contributed by atoms with Crippen molar-refractivity contribution in [1.82, 2.24) is 14.5 Å². The van der Waals surface area contributed by atoms with Gasteiger partial charge >= 0.3 is 0 Å². The minimum absolute atomic E-state index is 0.120. The van der Waals surface area contributed by atoms with Gasteiger partial charge in [0, 0.05) is 45.0 Å². The Morgan fingerprint density at radius 1 is 1.10 bits per heavy atom. The van der Waals surface area contributed by atoms with Crippen LogP contribution in [-0.4, -0.2) is 89.1 Å². The van der Waals surface area contributed by atoms with E-state index in [1.54, 1.807) is 12.1 Å². The van der Waals surface area contributed by atoms with Crippen molar-refractivity contribution >= 4 is 21.6 Å². The number of piperidine rings is 1. The summed E-state index contributed by atoms with van der Waals surface area (Å²) in [5.74, 6) is -0.248. The number of sulfonamides is 1. The molecule has 0 saturated carbocycles. The molecule has 2 fully saturated rings. The van der Waals surface area contributed by atoms with E-state index < -0.39 is 10.0 Å². The van der Waals surface area contributed by atoms with E-state index >= 15 is 0 Å². The van der Waals surface area contributed by atoms with Crippen LogP contribution in [0, 0.1) is 0 Å². The van der Waals surface area contributed by atoms with Gasteiger partial charge in [0.2, 0.25) is 10.0 Å². The van der Waals surface area contributed by atoms with Crippen LogP contribution in [0.25, 0.3) is 0 Å². The van der Waals surface area contributed by atoms with Crippen LogP contribution >= 0.6 is 0 Å². The van der Waals surface area contributed by atoms with Crippen LogP contribution in [0.1, 0.15) is 43.5 Å². The Morgan fingerprint density at radius 2 is 1.74 bits per heavy atom. The number of nitrogens with zero attached hydrogens (tertiary/aromatic N) is 3. The van der Waals surface area contributed by atoms with Crippen LogP contribution in [0.5, 0.6) is 0 Å². The summed E-state index contributed by atoms with van der Waals surface area (Å²) in [4.78, 5) is 17.9. The lowest BCUT2D eigenvalue weighted by Crippen LogP contribution is -2.53. The number of carbonyl (C=O) groups excluding carboxylic acids is 1. The van der Waals surface area contributed by atoms with E-state index in [2.05, 4.69) is 29.0 Å². The second-order valence-corrected chi connectivity index (χ2v) is 11.3. The molecule has 0 atom stereocenters. The van der Waals surface area contributed by atoms with Crippen LogP contribution in [0.15, 0.2) is 23.1 Å². The Morgan fingerprint density at radius 3 is 2.35 bits per heavy atom. The molecule has 2 saturated heterocycles. The molecule has 0 aliphatic carbocycles. The van der Waals surface area contributed by atoms with E-state index in [1.165, 1.54) is 39.4 Å². The number of anilines is 1. The number of hydrogen-bond acceptors (Lipinski definition) is 6. The zero-order valence-electron chi connectivity index (χ0n) is 19.2. The van der Waals surface area contributed by atoms with Crippen LogP contribution in [0.3, 0.4) is 0 Å². The van der Waals surface area contributed by atoms with Gasteiger partial charge in [0.25, 0.3) is 5.91 Å². The van der Waals surface area contributed by atoms with Gasteiger partial charge in [0.05, 0.1) is 23.7 Å². The largest absolute Gasteiger partial charge is 0.378 e. The summed E-state index contributed by atoms with van der Waals surface area (Å²) >= 11 is 0. The second-order valence-electron chi connectivity index (χ2n) is 9.11. The summed E-state index contributed by atoms with van der Waals surface area (Å²) in [7, 11) is -0.655. The zero-order chi connectivity index (χ0) is 22.6. The molecule has 2 aliphatic rings. The molecule has 0 unspecified atom stereocenters. The van der Waals surface area contributed by atoms with Crippen LogP contribution < -0.4 is 10.2 Å². The number of nitrogens with one attached hydrogen (secondary N) is 1. The quantitative estimate of drug-likeness (QED) is 0.679. The second kappa shape index (κ2) is 9.85. The first-order chi connectivity index (χ1) is 14.6. The van der Waals surface area contributed by atoms with Crippen molar-refractivity contribution in [2.24, 2.45) is 0 Å². The molecule has 1 amide bonds. The van der Waals surface area contributed by atoms with Gasteiger partial charge in [-0.2, -0.15) is 0 Å². The lowest BCUT2D eigenvalue weighted by atomic mass is 9.98. The monoisotopic (exact) mass is 452 g/mol. The summed E-state index contributed by atoms with van der Waals surface area (Å²) in [6, 6.07) is 4.82. The van der Waals surface area contributed by atoms with Gasteiger partial charge < -0.3 is 15.0 Å². The molecule has 0 radical (unpaired) electrons. The topological polar surface area (TPSA) is 82.2 Å². The number of likely N-dealkylation sites (tertiary alicyclic amines) is 1. The van der Waals surface area contributed by atoms with E-state index in [9.17, 15) is 13.2 Å². The highest BCUT2D eigenvalue weighted by Gasteiger charge is 2.30. The molecule has 1 aromatic rings. The first kappa shape index (κ1) is 24.0. The Bertz CT molecular complexity index is 873. The van der Waals surface area contributed by atoms with Crippen molar-refractivity contribution in [3.05, 3.63) is 23.8 Å². The summed E-state index contributed by atoms with van der Waals surface area (Å²) in [6.45, 7) is 9.37. The number of hydrogen-bond donors (Lipinski definition) is 1. The lowest BCUT2D eigenvalue weighted by molar-refractivity contribution is 0.0797. The normalized spacial score (nSPS) is 18.9. The van der Waals surface area contributed by atoms with Crippen molar-refractivity contribution < 1.29 is 17.9 Å². The molecule has 1 aromatic carbocycles. The van der Waals surface area contributed by atoms with E-state index in [1.807, 2.05) is 0 Å². The molecule has 174 valence electrons. The summed E-state index contributed by atoms with van der Waals surface area (Å²) in [5.41, 5.74) is 0.969. The van der Waals surface area contributed by atoms with Crippen LogP contribution in [0.2, 0.25) is 0 Å². The van der Waals surface area contributed by atoms with E-state index in [0.717, 1.165) is 23.1 Å². The zero-order valence-corrected chi connectivity index (χ0v) is 20.0. The molecule has 9 heteroatoms. The van der Waals surface area contributed by atoms with Gasteiger partial charge in [-0.3, -0.25) is 9.69 Å². The van der Waals surface area contributed by atoms with Gasteiger partial charge in [-0.25, -0.2) is 12.7 Å². The SMILES string of the molecule is CN(C)S(=O)(=O)c1ccc(N2CCOCC2)c(C(=O)NCC(C)(C)N2CCCCC2)c1. The fourth-order valence-corrected chi connectivity index (χ4v) is 5.08. The van der Waals surface area contributed by atoms with Gasteiger partial charge in [-0.05, 0) is 58.0 Å². The maximum absolute atomic E-state index is 13.3. The maximum atomic E-state index is 13.3. The van der Waals surface area contributed by atoms with Crippen molar-refractivity contribution in [3.63, 3.8) is 0 Å². The summed E-state index contributed by atoms with van der Waals surface area (Å²) in [5, 5.41) is 3.08. The molecular formula is C22H36N4O4S. The van der Waals surface area contributed by atoms with Crippen LogP contribution in [-0.2, 0) is 14.8 Å². The minimum atomic E-state index is -3.64. The highest BCUT2D eigenvalue weighted by Crippen LogP contribution is 2.27. The molecule has 2 heterocycles. The van der Waals surface area contributed by atoms with Gasteiger partial charge in [0.15, 0.2) is 0 Å². The fraction of sp³-hybridized carbons (Fsp3) is 0.682. The Balaban J connectivity index is 1.85. The third-order valence-corrected chi connectivity index (χ3v) is 8.05. The summed E-state index contributed by atoms with van der Waals surface area (Å²) < 4.78 is 31.9. The van der Waals surface area contributed by atoms with E-state index in [-0.39, 0.29) is 16.3 Å². The van der Waals surface area contributed by atoms with Gasteiger partial charge in [-0.15, -0.1) is 0 Å².